The van der Waals surface area contributed by atoms with Gasteiger partial charge in [0, 0.05) is 38.4 Å². The lowest BCUT2D eigenvalue weighted by molar-refractivity contribution is 0.535. The first kappa shape index (κ1) is 15.4. The topological polar surface area (TPSA) is 15.3 Å². The molecule has 0 spiro atoms. The number of benzene rings is 2. The SMILES string of the molecule is Cc1cc(CNCc2c(F)cccc2F)ccc1N(C)C. The smallest absolute Gasteiger partial charge is 0.130 e. The molecule has 0 saturated carbocycles. The molecule has 0 atom stereocenters. The highest BCUT2D eigenvalue weighted by Gasteiger charge is 2.08. The molecule has 0 radical (unpaired) electrons. The fourth-order valence-electron chi connectivity index (χ4n) is 2.36. The van der Waals surface area contributed by atoms with E-state index in [1.165, 1.54) is 29.4 Å². The van der Waals surface area contributed by atoms with Gasteiger partial charge in [0.25, 0.3) is 0 Å². The standard InChI is InChI=1S/C17H20F2N2/c1-12-9-13(7-8-17(12)21(2)3)10-20-11-14-15(18)5-4-6-16(14)19/h4-9,20H,10-11H2,1-3H3. The fourth-order valence-corrected chi connectivity index (χ4v) is 2.36. The van der Waals surface area contributed by atoms with Gasteiger partial charge in [-0.15, -0.1) is 0 Å². The minimum atomic E-state index is -0.512. The molecule has 0 fully saturated rings. The molecule has 0 aromatic heterocycles. The molecule has 1 N–H and O–H groups in total. The van der Waals surface area contributed by atoms with E-state index in [9.17, 15) is 8.78 Å². The average Bonchev–Trinajstić information content (AvgIpc) is 2.42. The van der Waals surface area contributed by atoms with Crippen LogP contribution in [-0.4, -0.2) is 14.1 Å². The Morgan fingerprint density at radius 2 is 1.67 bits per heavy atom. The molecular formula is C17H20F2N2. The van der Waals surface area contributed by atoms with Gasteiger partial charge in [-0.05, 0) is 36.2 Å². The van der Waals surface area contributed by atoms with Gasteiger partial charge >= 0.3 is 0 Å². The molecule has 4 heteroatoms. The van der Waals surface area contributed by atoms with E-state index in [4.69, 9.17) is 0 Å². The Morgan fingerprint density at radius 3 is 2.24 bits per heavy atom. The molecule has 0 aliphatic carbocycles. The highest BCUT2D eigenvalue weighted by molar-refractivity contribution is 5.53. The number of hydrogen-bond acceptors (Lipinski definition) is 2. The van der Waals surface area contributed by atoms with Crippen molar-refractivity contribution in [2.45, 2.75) is 20.0 Å². The Morgan fingerprint density at radius 1 is 1.00 bits per heavy atom. The zero-order valence-electron chi connectivity index (χ0n) is 12.6. The van der Waals surface area contributed by atoms with Crippen molar-refractivity contribution in [3.63, 3.8) is 0 Å². The van der Waals surface area contributed by atoms with Crippen molar-refractivity contribution in [1.82, 2.24) is 5.32 Å². The Kier molecular flexibility index (Phi) is 4.91. The van der Waals surface area contributed by atoms with Crippen LogP contribution in [0.4, 0.5) is 14.5 Å². The average molecular weight is 290 g/mol. The maximum Gasteiger partial charge on any atom is 0.130 e. The van der Waals surface area contributed by atoms with Gasteiger partial charge < -0.3 is 10.2 Å². The predicted octanol–water partition coefficient (Wildman–Crippen LogP) is 3.63. The number of aryl methyl sites for hydroxylation is 1. The molecule has 0 aliphatic rings. The van der Waals surface area contributed by atoms with E-state index in [1.54, 1.807) is 0 Å². The van der Waals surface area contributed by atoms with E-state index >= 15 is 0 Å². The molecule has 2 aromatic carbocycles. The summed E-state index contributed by atoms with van der Waals surface area (Å²) in [5, 5.41) is 3.08. The van der Waals surface area contributed by atoms with Crippen molar-refractivity contribution in [3.05, 3.63) is 64.7 Å². The van der Waals surface area contributed by atoms with E-state index in [0.29, 0.717) is 6.54 Å². The second kappa shape index (κ2) is 6.68. The zero-order chi connectivity index (χ0) is 15.4. The second-order valence-electron chi connectivity index (χ2n) is 5.32. The summed E-state index contributed by atoms with van der Waals surface area (Å²) in [5.74, 6) is -1.02. The minimum absolute atomic E-state index is 0.0825. The van der Waals surface area contributed by atoms with E-state index < -0.39 is 11.6 Å². The molecule has 2 rings (SSSR count). The summed E-state index contributed by atoms with van der Waals surface area (Å²) in [6.07, 6.45) is 0. The lowest BCUT2D eigenvalue weighted by Crippen LogP contribution is -2.16. The van der Waals surface area contributed by atoms with Gasteiger partial charge in [-0.25, -0.2) is 8.78 Å². The summed E-state index contributed by atoms with van der Waals surface area (Å²) in [6.45, 7) is 2.80. The van der Waals surface area contributed by atoms with Crippen molar-refractivity contribution < 1.29 is 8.78 Å². The normalized spacial score (nSPS) is 10.7. The summed E-state index contributed by atoms with van der Waals surface area (Å²) in [7, 11) is 4.00. The van der Waals surface area contributed by atoms with Crippen LogP contribution < -0.4 is 10.2 Å². The summed E-state index contributed by atoms with van der Waals surface area (Å²) >= 11 is 0. The van der Waals surface area contributed by atoms with Gasteiger partial charge in [0.1, 0.15) is 11.6 Å². The maximum atomic E-state index is 13.5. The number of rotatable bonds is 5. The molecule has 2 nitrogen and oxygen atoms in total. The summed E-state index contributed by atoms with van der Waals surface area (Å²) in [5.41, 5.74) is 3.52. The van der Waals surface area contributed by atoms with Crippen molar-refractivity contribution in [2.24, 2.45) is 0 Å². The number of anilines is 1. The van der Waals surface area contributed by atoms with Crippen LogP contribution in [0.25, 0.3) is 0 Å². The number of nitrogens with zero attached hydrogens (tertiary/aromatic N) is 1. The van der Waals surface area contributed by atoms with Gasteiger partial charge in [-0.3, -0.25) is 0 Å². The molecule has 112 valence electrons. The Balaban J connectivity index is 1.99. The van der Waals surface area contributed by atoms with Crippen LogP contribution in [0.1, 0.15) is 16.7 Å². The Hall–Kier alpha value is -1.94. The molecule has 21 heavy (non-hydrogen) atoms. The summed E-state index contributed by atoms with van der Waals surface area (Å²) in [4.78, 5) is 2.06. The number of halogens is 2. The molecule has 0 bridgehead atoms. The van der Waals surface area contributed by atoms with Crippen LogP contribution in [-0.2, 0) is 13.1 Å². The van der Waals surface area contributed by atoms with Gasteiger partial charge in [0.05, 0.1) is 0 Å². The molecule has 0 amide bonds. The van der Waals surface area contributed by atoms with Gasteiger partial charge in [0.15, 0.2) is 0 Å². The van der Waals surface area contributed by atoms with Crippen LogP contribution in [0, 0.1) is 18.6 Å². The van der Waals surface area contributed by atoms with Gasteiger partial charge in [0.2, 0.25) is 0 Å². The van der Waals surface area contributed by atoms with Gasteiger partial charge in [-0.1, -0.05) is 18.2 Å². The number of hydrogen-bond donors (Lipinski definition) is 1. The van der Waals surface area contributed by atoms with Crippen LogP contribution in [0.15, 0.2) is 36.4 Å². The van der Waals surface area contributed by atoms with E-state index in [2.05, 4.69) is 29.3 Å². The third kappa shape index (κ3) is 3.79. The predicted molar refractivity (Wildman–Crippen MR) is 82.4 cm³/mol. The number of nitrogens with one attached hydrogen (secondary N) is 1. The van der Waals surface area contributed by atoms with Crippen LogP contribution >= 0.6 is 0 Å². The first-order chi connectivity index (χ1) is 9.99. The van der Waals surface area contributed by atoms with Crippen LogP contribution in [0.3, 0.4) is 0 Å². The third-order valence-corrected chi connectivity index (χ3v) is 3.44. The molecule has 0 heterocycles. The monoisotopic (exact) mass is 290 g/mol. The van der Waals surface area contributed by atoms with Crippen molar-refractivity contribution in [1.29, 1.82) is 0 Å². The summed E-state index contributed by atoms with van der Waals surface area (Å²) in [6, 6.07) is 10.1. The zero-order valence-corrected chi connectivity index (χ0v) is 12.6. The highest BCUT2D eigenvalue weighted by atomic mass is 19.1. The first-order valence-electron chi connectivity index (χ1n) is 6.89. The van der Waals surface area contributed by atoms with E-state index in [-0.39, 0.29) is 12.1 Å². The minimum Gasteiger partial charge on any atom is -0.377 e. The summed E-state index contributed by atoms with van der Waals surface area (Å²) < 4.78 is 27.0. The molecule has 2 aromatic rings. The van der Waals surface area contributed by atoms with Crippen molar-refractivity contribution in [2.75, 3.05) is 19.0 Å². The third-order valence-electron chi connectivity index (χ3n) is 3.44. The van der Waals surface area contributed by atoms with Crippen molar-refractivity contribution in [3.8, 4) is 0 Å². The van der Waals surface area contributed by atoms with Crippen molar-refractivity contribution >= 4 is 5.69 Å². The first-order valence-corrected chi connectivity index (χ1v) is 6.89. The quantitative estimate of drug-likeness (QED) is 0.904. The second-order valence-corrected chi connectivity index (χ2v) is 5.32. The molecule has 0 saturated heterocycles. The highest BCUT2D eigenvalue weighted by Crippen LogP contribution is 2.19. The maximum absolute atomic E-state index is 13.5. The fraction of sp³-hybridized carbons (Fsp3) is 0.294. The molecule has 0 aliphatic heterocycles. The lowest BCUT2D eigenvalue weighted by Gasteiger charge is -2.16. The van der Waals surface area contributed by atoms with Crippen LogP contribution in [0.2, 0.25) is 0 Å². The van der Waals surface area contributed by atoms with E-state index in [0.717, 1.165) is 5.56 Å². The lowest BCUT2D eigenvalue weighted by atomic mass is 10.1. The Labute approximate surface area is 124 Å². The van der Waals surface area contributed by atoms with E-state index in [1.807, 2.05) is 20.2 Å². The van der Waals surface area contributed by atoms with Gasteiger partial charge in [-0.2, -0.15) is 0 Å². The molecule has 0 unspecified atom stereocenters. The van der Waals surface area contributed by atoms with Crippen LogP contribution in [0.5, 0.6) is 0 Å². The largest absolute Gasteiger partial charge is 0.377 e. The molecular weight excluding hydrogens is 270 g/mol. The Bertz CT molecular complexity index is 604.